The van der Waals surface area contributed by atoms with Crippen molar-refractivity contribution in [2.75, 3.05) is 5.32 Å². The van der Waals surface area contributed by atoms with Crippen LogP contribution in [0, 0.1) is 18.3 Å². The van der Waals surface area contributed by atoms with Gasteiger partial charge in [0.05, 0.1) is 17.3 Å². The van der Waals surface area contributed by atoms with E-state index >= 15 is 0 Å². The maximum Gasteiger partial charge on any atom is 0.278 e. The highest BCUT2D eigenvalue weighted by Gasteiger charge is 2.16. The predicted octanol–water partition coefficient (Wildman–Crippen LogP) is 4.01. The average Bonchev–Trinajstić information content (AvgIpc) is 2.66. The summed E-state index contributed by atoms with van der Waals surface area (Å²) in [6.07, 6.45) is 1.46. The van der Waals surface area contributed by atoms with Gasteiger partial charge in [-0.15, -0.1) is 0 Å². The fraction of sp³-hybridized carbons (Fsp3) is 0.0500. The number of nitrogens with one attached hydrogen (secondary N) is 1. The van der Waals surface area contributed by atoms with Gasteiger partial charge in [-0.2, -0.15) is 5.26 Å². The molecule has 26 heavy (non-hydrogen) atoms. The SMILES string of the molecule is Cc1ccnc(C(=O)Nc2ccccc2Oc2ccc(C#N)cc2)c1O. The van der Waals surface area contributed by atoms with Gasteiger partial charge in [0.25, 0.3) is 5.91 Å². The van der Waals surface area contributed by atoms with Crippen LogP contribution >= 0.6 is 0 Å². The van der Waals surface area contributed by atoms with E-state index in [2.05, 4.69) is 10.3 Å². The third-order valence-corrected chi connectivity index (χ3v) is 3.69. The number of hydrogen-bond acceptors (Lipinski definition) is 5. The predicted molar refractivity (Wildman–Crippen MR) is 96.3 cm³/mol. The van der Waals surface area contributed by atoms with Crippen molar-refractivity contribution in [2.45, 2.75) is 6.92 Å². The molecule has 0 spiro atoms. The molecule has 1 heterocycles. The van der Waals surface area contributed by atoms with Crippen LogP contribution in [0.3, 0.4) is 0 Å². The van der Waals surface area contributed by atoms with Crippen molar-refractivity contribution in [3.8, 4) is 23.3 Å². The van der Waals surface area contributed by atoms with Crippen molar-refractivity contribution in [3.63, 3.8) is 0 Å². The number of carbonyl (C=O) groups is 1. The molecule has 0 unspecified atom stereocenters. The van der Waals surface area contributed by atoms with E-state index in [1.54, 1.807) is 61.5 Å². The summed E-state index contributed by atoms with van der Waals surface area (Å²) in [5, 5.41) is 21.6. The second-order valence-corrected chi connectivity index (χ2v) is 5.51. The van der Waals surface area contributed by atoms with E-state index in [1.807, 2.05) is 6.07 Å². The summed E-state index contributed by atoms with van der Waals surface area (Å²) in [6.45, 7) is 1.69. The lowest BCUT2D eigenvalue weighted by Crippen LogP contribution is -2.14. The van der Waals surface area contributed by atoms with Crippen LogP contribution in [0.1, 0.15) is 21.6 Å². The molecule has 0 saturated carbocycles. The molecule has 0 saturated heterocycles. The van der Waals surface area contributed by atoms with Gasteiger partial charge < -0.3 is 15.2 Å². The molecular formula is C20H15N3O3. The van der Waals surface area contributed by atoms with Crippen molar-refractivity contribution in [2.24, 2.45) is 0 Å². The summed E-state index contributed by atoms with van der Waals surface area (Å²) in [5.41, 5.74) is 1.47. The minimum atomic E-state index is -0.540. The molecule has 0 fully saturated rings. The molecule has 0 atom stereocenters. The monoisotopic (exact) mass is 345 g/mol. The van der Waals surface area contributed by atoms with Crippen LogP contribution < -0.4 is 10.1 Å². The fourth-order valence-electron chi connectivity index (χ4n) is 2.28. The molecule has 0 radical (unpaired) electrons. The highest BCUT2D eigenvalue weighted by molar-refractivity contribution is 6.05. The first-order chi connectivity index (χ1) is 12.6. The van der Waals surface area contributed by atoms with Gasteiger partial charge in [0, 0.05) is 6.20 Å². The van der Waals surface area contributed by atoms with E-state index in [9.17, 15) is 9.90 Å². The Kier molecular flexibility index (Phi) is 4.81. The Hall–Kier alpha value is -3.85. The van der Waals surface area contributed by atoms with Gasteiger partial charge >= 0.3 is 0 Å². The molecule has 3 aromatic rings. The van der Waals surface area contributed by atoms with E-state index in [-0.39, 0.29) is 11.4 Å². The third-order valence-electron chi connectivity index (χ3n) is 3.69. The van der Waals surface area contributed by atoms with Gasteiger partial charge in [0.1, 0.15) is 11.5 Å². The zero-order chi connectivity index (χ0) is 18.5. The van der Waals surface area contributed by atoms with Crippen LogP contribution in [0.5, 0.6) is 17.2 Å². The van der Waals surface area contributed by atoms with E-state index in [0.29, 0.717) is 28.3 Å². The number of aromatic hydroxyl groups is 1. The minimum Gasteiger partial charge on any atom is -0.505 e. The summed E-state index contributed by atoms with van der Waals surface area (Å²) in [4.78, 5) is 16.4. The zero-order valence-corrected chi connectivity index (χ0v) is 13.9. The number of rotatable bonds is 4. The first kappa shape index (κ1) is 17.0. The summed E-state index contributed by atoms with van der Waals surface area (Å²) in [6, 6.07) is 17.2. The standard InChI is InChI=1S/C20H15N3O3/c1-13-10-11-22-18(19(13)24)20(25)23-16-4-2-3-5-17(16)26-15-8-6-14(12-21)7-9-15/h2-11,24H,1H3,(H,23,25). The smallest absolute Gasteiger partial charge is 0.278 e. The molecule has 0 bridgehead atoms. The number of nitrogens with zero attached hydrogens (tertiary/aromatic N) is 2. The fourth-order valence-corrected chi connectivity index (χ4v) is 2.28. The Morgan fingerprint density at radius 1 is 1.15 bits per heavy atom. The van der Waals surface area contributed by atoms with Gasteiger partial charge in [-0.25, -0.2) is 4.98 Å². The number of carbonyl (C=O) groups excluding carboxylic acids is 1. The van der Waals surface area contributed by atoms with Crippen LogP contribution in [-0.4, -0.2) is 16.0 Å². The van der Waals surface area contributed by atoms with Crippen LogP contribution in [0.15, 0.2) is 60.8 Å². The van der Waals surface area contributed by atoms with Crippen LogP contribution in [-0.2, 0) is 0 Å². The minimum absolute atomic E-state index is 0.0572. The first-order valence-corrected chi connectivity index (χ1v) is 7.81. The van der Waals surface area contributed by atoms with E-state index in [4.69, 9.17) is 10.00 Å². The van der Waals surface area contributed by atoms with E-state index in [1.165, 1.54) is 6.20 Å². The van der Waals surface area contributed by atoms with Crippen molar-refractivity contribution in [1.82, 2.24) is 4.98 Å². The molecule has 128 valence electrons. The number of anilines is 1. The Morgan fingerprint density at radius 2 is 1.88 bits per heavy atom. The van der Waals surface area contributed by atoms with Crippen molar-refractivity contribution < 1.29 is 14.6 Å². The quantitative estimate of drug-likeness (QED) is 0.745. The number of pyridine rings is 1. The van der Waals surface area contributed by atoms with Gasteiger partial charge in [-0.1, -0.05) is 12.1 Å². The van der Waals surface area contributed by atoms with Gasteiger partial charge in [-0.05, 0) is 55.0 Å². The van der Waals surface area contributed by atoms with Crippen molar-refractivity contribution in [3.05, 3.63) is 77.6 Å². The second kappa shape index (κ2) is 7.36. The molecule has 0 aliphatic heterocycles. The Morgan fingerprint density at radius 3 is 2.62 bits per heavy atom. The number of aryl methyl sites for hydroxylation is 1. The van der Waals surface area contributed by atoms with E-state index in [0.717, 1.165) is 0 Å². The number of aromatic nitrogens is 1. The maximum atomic E-state index is 12.5. The number of benzene rings is 2. The van der Waals surface area contributed by atoms with Gasteiger partial charge in [-0.3, -0.25) is 4.79 Å². The van der Waals surface area contributed by atoms with E-state index < -0.39 is 5.91 Å². The van der Waals surface area contributed by atoms with Crippen LogP contribution in [0.2, 0.25) is 0 Å². The lowest BCUT2D eigenvalue weighted by Gasteiger charge is -2.12. The molecular weight excluding hydrogens is 330 g/mol. The maximum absolute atomic E-state index is 12.5. The molecule has 0 aliphatic rings. The highest BCUT2D eigenvalue weighted by Crippen LogP contribution is 2.30. The lowest BCUT2D eigenvalue weighted by atomic mass is 10.2. The summed E-state index contributed by atoms with van der Waals surface area (Å²) >= 11 is 0. The summed E-state index contributed by atoms with van der Waals surface area (Å²) in [7, 11) is 0. The zero-order valence-electron chi connectivity index (χ0n) is 13.9. The average molecular weight is 345 g/mol. The van der Waals surface area contributed by atoms with Gasteiger partial charge in [0.15, 0.2) is 11.4 Å². The normalized spacial score (nSPS) is 10.0. The highest BCUT2D eigenvalue weighted by atomic mass is 16.5. The molecule has 3 rings (SSSR count). The largest absolute Gasteiger partial charge is 0.505 e. The second-order valence-electron chi connectivity index (χ2n) is 5.51. The molecule has 6 nitrogen and oxygen atoms in total. The number of hydrogen-bond donors (Lipinski definition) is 2. The van der Waals surface area contributed by atoms with Crippen molar-refractivity contribution >= 4 is 11.6 Å². The number of amides is 1. The summed E-state index contributed by atoms with van der Waals surface area (Å²) in [5.74, 6) is 0.262. The Bertz CT molecular complexity index is 992. The third kappa shape index (κ3) is 3.62. The molecule has 1 aromatic heterocycles. The molecule has 2 N–H and O–H groups in total. The Labute approximate surface area is 150 Å². The number of ether oxygens (including phenoxy) is 1. The summed E-state index contributed by atoms with van der Waals surface area (Å²) < 4.78 is 5.79. The Balaban J connectivity index is 1.84. The number of nitriles is 1. The molecule has 2 aromatic carbocycles. The van der Waals surface area contributed by atoms with Gasteiger partial charge in [0.2, 0.25) is 0 Å². The molecule has 6 heteroatoms. The number of para-hydroxylation sites is 2. The van der Waals surface area contributed by atoms with Crippen LogP contribution in [0.25, 0.3) is 0 Å². The van der Waals surface area contributed by atoms with Crippen molar-refractivity contribution in [1.29, 1.82) is 5.26 Å². The van der Waals surface area contributed by atoms with Crippen LogP contribution in [0.4, 0.5) is 5.69 Å². The molecule has 1 amide bonds. The lowest BCUT2D eigenvalue weighted by molar-refractivity contribution is 0.101. The topological polar surface area (TPSA) is 95.2 Å². The first-order valence-electron chi connectivity index (χ1n) is 7.81. The molecule has 0 aliphatic carbocycles.